The van der Waals surface area contributed by atoms with Gasteiger partial charge in [-0.2, -0.15) is 5.10 Å². The SMILES string of the molecule is CC(C)OCC(NN)c1c(Cl)cnn1C(C)C. The van der Waals surface area contributed by atoms with Crippen LogP contribution in [0, 0.1) is 0 Å². The summed E-state index contributed by atoms with van der Waals surface area (Å²) in [4.78, 5) is 0. The van der Waals surface area contributed by atoms with E-state index >= 15 is 0 Å². The quantitative estimate of drug-likeness (QED) is 0.607. The second-order valence-corrected chi connectivity index (χ2v) is 4.92. The van der Waals surface area contributed by atoms with E-state index in [1.54, 1.807) is 6.20 Å². The van der Waals surface area contributed by atoms with Crippen LogP contribution in [0.15, 0.2) is 6.20 Å². The Morgan fingerprint density at radius 3 is 2.59 bits per heavy atom. The lowest BCUT2D eigenvalue weighted by atomic mass is 10.2. The second kappa shape index (κ2) is 6.35. The summed E-state index contributed by atoms with van der Waals surface area (Å²) in [5, 5.41) is 4.85. The smallest absolute Gasteiger partial charge is 0.0877 e. The minimum absolute atomic E-state index is 0.153. The van der Waals surface area contributed by atoms with Crippen LogP contribution in [0.4, 0.5) is 0 Å². The van der Waals surface area contributed by atoms with Crippen LogP contribution in [0.25, 0.3) is 0 Å². The number of ether oxygens (including phenoxy) is 1. The average molecular weight is 261 g/mol. The van der Waals surface area contributed by atoms with Crippen molar-refractivity contribution >= 4 is 11.6 Å². The van der Waals surface area contributed by atoms with E-state index in [4.69, 9.17) is 22.2 Å². The van der Waals surface area contributed by atoms with Crippen LogP contribution < -0.4 is 11.3 Å². The van der Waals surface area contributed by atoms with Crippen LogP contribution in [0.2, 0.25) is 5.02 Å². The number of rotatable bonds is 6. The molecule has 0 saturated heterocycles. The Labute approximate surface area is 107 Å². The number of nitrogens with two attached hydrogens (primary N) is 1. The first-order chi connectivity index (χ1) is 7.97. The molecule has 6 heteroatoms. The number of hydrogen-bond donors (Lipinski definition) is 2. The Balaban J connectivity index is 2.90. The summed E-state index contributed by atoms with van der Waals surface area (Å²) in [5.41, 5.74) is 3.59. The maximum atomic E-state index is 6.14. The molecule has 17 heavy (non-hydrogen) atoms. The fraction of sp³-hybridized carbons (Fsp3) is 0.727. The molecule has 0 aromatic carbocycles. The first kappa shape index (κ1) is 14.4. The van der Waals surface area contributed by atoms with Crippen molar-refractivity contribution in [1.82, 2.24) is 15.2 Å². The van der Waals surface area contributed by atoms with Gasteiger partial charge in [-0.25, -0.2) is 5.43 Å². The highest BCUT2D eigenvalue weighted by atomic mass is 35.5. The molecule has 0 saturated carbocycles. The summed E-state index contributed by atoms with van der Waals surface area (Å²) in [5.74, 6) is 5.56. The first-order valence-electron chi connectivity index (χ1n) is 5.78. The fourth-order valence-corrected chi connectivity index (χ4v) is 1.84. The van der Waals surface area contributed by atoms with Crippen LogP contribution in [0.1, 0.15) is 45.5 Å². The fourth-order valence-electron chi connectivity index (χ4n) is 1.58. The van der Waals surface area contributed by atoms with E-state index in [1.165, 1.54) is 0 Å². The molecule has 5 nitrogen and oxygen atoms in total. The van der Waals surface area contributed by atoms with Gasteiger partial charge in [0.2, 0.25) is 0 Å². The maximum Gasteiger partial charge on any atom is 0.0877 e. The number of aromatic nitrogens is 2. The van der Waals surface area contributed by atoms with Crippen LogP contribution in [-0.2, 0) is 4.74 Å². The van der Waals surface area contributed by atoms with Crippen molar-refractivity contribution in [2.75, 3.05) is 6.61 Å². The van der Waals surface area contributed by atoms with Crippen molar-refractivity contribution in [2.45, 2.75) is 45.9 Å². The maximum absolute atomic E-state index is 6.14. The molecule has 0 radical (unpaired) electrons. The third-order valence-corrected chi connectivity index (χ3v) is 2.69. The minimum atomic E-state index is -0.158. The number of nitrogens with one attached hydrogen (secondary N) is 1. The van der Waals surface area contributed by atoms with Crippen molar-refractivity contribution in [3.8, 4) is 0 Å². The predicted molar refractivity (Wildman–Crippen MR) is 68.8 cm³/mol. The van der Waals surface area contributed by atoms with Gasteiger partial charge in [0.15, 0.2) is 0 Å². The molecular formula is C11H21ClN4O. The topological polar surface area (TPSA) is 65.1 Å². The van der Waals surface area contributed by atoms with Gasteiger partial charge in [-0.15, -0.1) is 0 Å². The van der Waals surface area contributed by atoms with E-state index in [9.17, 15) is 0 Å². The number of nitrogens with zero attached hydrogens (tertiary/aromatic N) is 2. The molecule has 0 aliphatic carbocycles. The summed E-state index contributed by atoms with van der Waals surface area (Å²) in [6, 6.07) is 0.0715. The van der Waals surface area contributed by atoms with Crippen LogP contribution in [-0.4, -0.2) is 22.5 Å². The Bertz CT molecular complexity index is 351. The van der Waals surface area contributed by atoms with Gasteiger partial charge in [-0.1, -0.05) is 11.6 Å². The third-order valence-electron chi connectivity index (χ3n) is 2.40. The zero-order valence-electron chi connectivity index (χ0n) is 10.8. The van der Waals surface area contributed by atoms with E-state index in [1.807, 2.05) is 32.4 Å². The average Bonchev–Trinajstić information content (AvgIpc) is 2.62. The molecule has 1 rings (SSSR count). The number of halogens is 1. The predicted octanol–water partition coefficient (Wildman–Crippen LogP) is 2.05. The lowest BCUT2D eigenvalue weighted by Crippen LogP contribution is -2.34. The molecule has 98 valence electrons. The molecule has 0 fully saturated rings. The van der Waals surface area contributed by atoms with Crippen molar-refractivity contribution in [1.29, 1.82) is 0 Å². The Morgan fingerprint density at radius 2 is 2.12 bits per heavy atom. The van der Waals surface area contributed by atoms with Gasteiger partial charge >= 0.3 is 0 Å². The summed E-state index contributed by atoms with van der Waals surface area (Å²) >= 11 is 6.14. The number of hydrogen-bond acceptors (Lipinski definition) is 4. The zero-order valence-corrected chi connectivity index (χ0v) is 11.5. The Hall–Kier alpha value is -0.620. The van der Waals surface area contributed by atoms with Gasteiger partial charge < -0.3 is 4.74 Å². The lowest BCUT2D eigenvalue weighted by molar-refractivity contribution is 0.0592. The van der Waals surface area contributed by atoms with E-state index < -0.39 is 0 Å². The number of hydrazine groups is 1. The van der Waals surface area contributed by atoms with Gasteiger partial charge in [0.25, 0.3) is 0 Å². The zero-order chi connectivity index (χ0) is 13.0. The van der Waals surface area contributed by atoms with E-state index in [0.29, 0.717) is 11.6 Å². The molecule has 0 aliphatic rings. The highest BCUT2D eigenvalue weighted by Gasteiger charge is 2.21. The lowest BCUT2D eigenvalue weighted by Gasteiger charge is -2.21. The van der Waals surface area contributed by atoms with Crippen molar-refractivity contribution in [2.24, 2.45) is 5.84 Å². The van der Waals surface area contributed by atoms with E-state index in [-0.39, 0.29) is 18.2 Å². The van der Waals surface area contributed by atoms with Crippen LogP contribution in [0.3, 0.4) is 0 Å². The van der Waals surface area contributed by atoms with E-state index in [0.717, 1.165) is 5.69 Å². The molecule has 0 amide bonds. The van der Waals surface area contributed by atoms with Gasteiger partial charge in [0.1, 0.15) is 0 Å². The van der Waals surface area contributed by atoms with Crippen molar-refractivity contribution in [3.05, 3.63) is 16.9 Å². The summed E-state index contributed by atoms with van der Waals surface area (Å²) in [7, 11) is 0. The van der Waals surface area contributed by atoms with Gasteiger partial charge in [0, 0.05) is 6.04 Å². The molecule has 1 atom stereocenters. The van der Waals surface area contributed by atoms with Crippen LogP contribution >= 0.6 is 11.6 Å². The minimum Gasteiger partial charge on any atom is -0.377 e. The largest absolute Gasteiger partial charge is 0.377 e. The molecule has 0 bridgehead atoms. The third kappa shape index (κ3) is 3.67. The molecular weight excluding hydrogens is 240 g/mol. The van der Waals surface area contributed by atoms with Crippen molar-refractivity contribution in [3.63, 3.8) is 0 Å². The normalized spacial score (nSPS) is 13.6. The van der Waals surface area contributed by atoms with E-state index in [2.05, 4.69) is 10.5 Å². The Morgan fingerprint density at radius 1 is 1.47 bits per heavy atom. The summed E-state index contributed by atoms with van der Waals surface area (Å²) in [6.07, 6.45) is 1.79. The van der Waals surface area contributed by atoms with Crippen LogP contribution in [0.5, 0.6) is 0 Å². The summed E-state index contributed by atoms with van der Waals surface area (Å²) in [6.45, 7) is 8.52. The molecule has 3 N–H and O–H groups in total. The second-order valence-electron chi connectivity index (χ2n) is 4.52. The van der Waals surface area contributed by atoms with Gasteiger partial charge in [0.05, 0.1) is 35.7 Å². The van der Waals surface area contributed by atoms with Gasteiger partial charge in [-0.05, 0) is 27.7 Å². The summed E-state index contributed by atoms with van der Waals surface area (Å²) < 4.78 is 7.42. The molecule has 1 aromatic rings. The molecule has 0 spiro atoms. The van der Waals surface area contributed by atoms with Crippen molar-refractivity contribution < 1.29 is 4.74 Å². The highest BCUT2D eigenvalue weighted by Crippen LogP contribution is 2.25. The molecule has 0 aliphatic heterocycles. The Kier molecular flexibility index (Phi) is 5.39. The highest BCUT2D eigenvalue weighted by molar-refractivity contribution is 6.31. The van der Waals surface area contributed by atoms with Gasteiger partial charge in [-0.3, -0.25) is 10.5 Å². The molecule has 1 aromatic heterocycles. The molecule has 1 unspecified atom stereocenters. The monoisotopic (exact) mass is 260 g/mol. The standard InChI is InChI=1S/C11H21ClN4O/c1-7(2)16-11(9(12)5-14-16)10(15-13)6-17-8(3)4/h5,7-8,10,15H,6,13H2,1-4H3. The molecule has 1 heterocycles. The first-order valence-corrected chi connectivity index (χ1v) is 6.15.